The van der Waals surface area contributed by atoms with Crippen LogP contribution in [0.1, 0.15) is 53.5 Å². The summed E-state index contributed by atoms with van der Waals surface area (Å²) in [5.74, 6) is 0.600. The third-order valence-electron chi connectivity index (χ3n) is 7.56. The van der Waals surface area contributed by atoms with Crippen molar-refractivity contribution in [3.63, 3.8) is 0 Å². The fourth-order valence-electron chi connectivity index (χ4n) is 5.73. The van der Waals surface area contributed by atoms with E-state index in [0.29, 0.717) is 61.0 Å². The smallest absolute Gasteiger partial charge is 0.417 e. The molecule has 3 aromatic rings. The molecule has 3 atom stereocenters. The van der Waals surface area contributed by atoms with E-state index in [1.807, 2.05) is 0 Å². The van der Waals surface area contributed by atoms with Crippen molar-refractivity contribution in [2.45, 2.75) is 50.0 Å². The molecule has 6 nitrogen and oxygen atoms in total. The third-order valence-corrected chi connectivity index (χ3v) is 7.56. The molecule has 0 radical (unpaired) electrons. The zero-order valence-corrected chi connectivity index (χ0v) is 21.0. The Labute approximate surface area is 223 Å². The van der Waals surface area contributed by atoms with Gasteiger partial charge in [0, 0.05) is 24.0 Å². The molecule has 1 aliphatic carbocycles. The number of aliphatic carboxylic acids is 1. The Morgan fingerprint density at radius 3 is 2.44 bits per heavy atom. The molecule has 0 bridgehead atoms. The van der Waals surface area contributed by atoms with Gasteiger partial charge in [-0.3, -0.25) is 4.79 Å². The third kappa shape index (κ3) is 5.15. The van der Waals surface area contributed by atoms with Gasteiger partial charge in [0.05, 0.1) is 31.8 Å². The number of carboxylic acid groups (broad SMARTS) is 1. The number of rotatable bonds is 7. The van der Waals surface area contributed by atoms with Crippen molar-refractivity contribution < 1.29 is 42.0 Å². The van der Waals surface area contributed by atoms with Gasteiger partial charge in [-0.25, -0.2) is 0 Å². The van der Waals surface area contributed by atoms with Crippen LogP contribution in [0.5, 0.6) is 17.2 Å². The second-order valence-corrected chi connectivity index (χ2v) is 10.1. The molecule has 0 unspecified atom stereocenters. The zero-order valence-electron chi connectivity index (χ0n) is 21.0. The Kier molecular flexibility index (Phi) is 6.62. The van der Waals surface area contributed by atoms with Gasteiger partial charge in [0.25, 0.3) is 0 Å². The number of hydrogen-bond acceptors (Lipinski definition) is 5. The van der Waals surface area contributed by atoms with Crippen molar-refractivity contribution in [1.82, 2.24) is 0 Å². The summed E-state index contributed by atoms with van der Waals surface area (Å²) in [4.78, 5) is 11.1. The first kappa shape index (κ1) is 25.6. The van der Waals surface area contributed by atoms with E-state index in [4.69, 9.17) is 24.1 Å². The molecule has 0 spiro atoms. The van der Waals surface area contributed by atoms with Crippen molar-refractivity contribution in [2.75, 3.05) is 19.8 Å². The lowest BCUT2D eigenvalue weighted by Crippen LogP contribution is -2.15. The molecule has 0 aromatic heterocycles. The van der Waals surface area contributed by atoms with Crippen LogP contribution in [0.3, 0.4) is 0 Å². The first-order valence-corrected chi connectivity index (χ1v) is 13.0. The van der Waals surface area contributed by atoms with Crippen molar-refractivity contribution >= 4 is 5.97 Å². The number of fused-ring (bicyclic) bond motifs is 2. The Bertz CT molecular complexity index is 1380. The van der Waals surface area contributed by atoms with Crippen LogP contribution < -0.4 is 14.2 Å². The van der Waals surface area contributed by atoms with Gasteiger partial charge in [0.15, 0.2) is 0 Å². The lowest BCUT2D eigenvalue weighted by atomic mass is 9.91. The van der Waals surface area contributed by atoms with E-state index < -0.39 is 23.8 Å². The minimum atomic E-state index is -4.51. The van der Waals surface area contributed by atoms with Crippen LogP contribution in [0.15, 0.2) is 54.6 Å². The van der Waals surface area contributed by atoms with E-state index in [-0.39, 0.29) is 24.0 Å². The van der Waals surface area contributed by atoms with Gasteiger partial charge in [0.1, 0.15) is 29.5 Å². The number of benzene rings is 3. The minimum absolute atomic E-state index is 0.0182. The molecule has 2 heterocycles. The van der Waals surface area contributed by atoms with E-state index in [9.17, 15) is 18.0 Å². The number of halogens is 3. The predicted molar refractivity (Wildman–Crippen MR) is 135 cm³/mol. The van der Waals surface area contributed by atoms with Gasteiger partial charge < -0.3 is 24.1 Å². The second kappa shape index (κ2) is 10.1. The molecule has 2 aliphatic heterocycles. The summed E-state index contributed by atoms with van der Waals surface area (Å²) in [5, 5.41) is 9.12. The van der Waals surface area contributed by atoms with Crippen LogP contribution in [-0.2, 0) is 22.1 Å². The topological polar surface area (TPSA) is 74.2 Å². The van der Waals surface area contributed by atoms with Crippen LogP contribution in [0.4, 0.5) is 13.2 Å². The van der Waals surface area contributed by atoms with Crippen LogP contribution in [0.25, 0.3) is 11.1 Å². The molecule has 1 fully saturated rings. The summed E-state index contributed by atoms with van der Waals surface area (Å²) in [7, 11) is 0. The van der Waals surface area contributed by atoms with Gasteiger partial charge >= 0.3 is 12.1 Å². The van der Waals surface area contributed by atoms with Gasteiger partial charge in [-0.2, -0.15) is 13.2 Å². The average molecular weight is 541 g/mol. The van der Waals surface area contributed by atoms with Crippen LogP contribution in [0.2, 0.25) is 0 Å². The molecule has 0 saturated carbocycles. The Morgan fingerprint density at radius 2 is 1.72 bits per heavy atom. The van der Waals surface area contributed by atoms with E-state index in [1.54, 1.807) is 42.5 Å². The van der Waals surface area contributed by atoms with E-state index in [1.165, 1.54) is 6.07 Å². The van der Waals surface area contributed by atoms with Crippen LogP contribution in [-0.4, -0.2) is 37.0 Å². The summed E-state index contributed by atoms with van der Waals surface area (Å²) in [6.45, 7) is 1.44. The number of carbonyl (C=O) groups is 1. The summed E-state index contributed by atoms with van der Waals surface area (Å²) in [6.07, 6.45) is -3.23. The fourth-order valence-corrected chi connectivity index (χ4v) is 5.73. The molecule has 9 heteroatoms. The number of ether oxygens (including phenoxy) is 4. The van der Waals surface area contributed by atoms with Gasteiger partial charge in [-0.05, 0) is 59.4 Å². The maximum absolute atomic E-state index is 14.1. The highest BCUT2D eigenvalue weighted by Crippen LogP contribution is 2.47. The molecular formula is C30H27F3O6. The molecular weight excluding hydrogens is 513 g/mol. The van der Waals surface area contributed by atoms with Crippen molar-refractivity contribution in [2.24, 2.45) is 0 Å². The number of carboxylic acids is 1. The number of alkyl halides is 3. The first-order valence-electron chi connectivity index (χ1n) is 13.0. The summed E-state index contributed by atoms with van der Waals surface area (Å²) in [6, 6.07) is 14.7. The SMILES string of the molecule is O=C(O)C[C@@H]1COc2cc(O[C@@H]3CCc4c3ccc(C(F)(F)F)c4-c3ccc(O[C@@H]4CCOC4)cc3)ccc21. The maximum Gasteiger partial charge on any atom is 0.417 e. The monoisotopic (exact) mass is 540 g/mol. The number of hydrogen-bond donors (Lipinski definition) is 1. The molecule has 3 aromatic carbocycles. The molecule has 6 rings (SSSR count). The predicted octanol–water partition coefficient (Wildman–Crippen LogP) is 6.56. The molecule has 1 N–H and O–H groups in total. The van der Waals surface area contributed by atoms with Crippen molar-refractivity contribution in [1.29, 1.82) is 0 Å². The van der Waals surface area contributed by atoms with Gasteiger partial charge in [0.2, 0.25) is 0 Å². The highest BCUT2D eigenvalue weighted by molar-refractivity contribution is 5.75. The Hall–Kier alpha value is -3.72. The minimum Gasteiger partial charge on any atom is -0.492 e. The fraction of sp³-hybridized carbons (Fsp3) is 0.367. The van der Waals surface area contributed by atoms with E-state index in [0.717, 1.165) is 23.6 Å². The Morgan fingerprint density at radius 1 is 0.949 bits per heavy atom. The molecule has 3 aliphatic rings. The zero-order chi connectivity index (χ0) is 27.1. The highest BCUT2D eigenvalue weighted by atomic mass is 19.4. The average Bonchev–Trinajstić information content (AvgIpc) is 3.64. The second-order valence-electron chi connectivity index (χ2n) is 10.1. The highest BCUT2D eigenvalue weighted by Gasteiger charge is 2.38. The quantitative estimate of drug-likeness (QED) is 0.366. The first-order chi connectivity index (χ1) is 18.8. The Balaban J connectivity index is 1.27. The van der Waals surface area contributed by atoms with Crippen LogP contribution >= 0.6 is 0 Å². The summed E-state index contributed by atoms with van der Waals surface area (Å²) < 4.78 is 65.5. The largest absolute Gasteiger partial charge is 0.492 e. The van der Waals surface area contributed by atoms with Gasteiger partial charge in [-0.1, -0.05) is 24.3 Å². The summed E-state index contributed by atoms with van der Waals surface area (Å²) in [5.41, 5.74) is 2.16. The standard InChI is InChI=1S/C30H27F3O6/c31-30(32,33)25-9-7-23-24(29(25)17-1-3-19(4-2-17)38-21-11-12-36-16-21)8-10-26(23)39-20-5-6-22-18(13-28(34)35)15-37-27(22)14-20/h1-7,9,14,18,21,26H,8,10-13,15-16H2,(H,34,35)/t18-,21-,26-/m1/s1. The maximum atomic E-state index is 14.1. The molecule has 204 valence electrons. The van der Waals surface area contributed by atoms with Crippen LogP contribution in [0, 0.1) is 0 Å². The molecule has 0 amide bonds. The lowest BCUT2D eigenvalue weighted by molar-refractivity contribution is -0.138. The van der Waals surface area contributed by atoms with E-state index in [2.05, 4.69) is 0 Å². The van der Waals surface area contributed by atoms with Crippen molar-refractivity contribution in [3.05, 3.63) is 76.9 Å². The van der Waals surface area contributed by atoms with Crippen molar-refractivity contribution in [3.8, 4) is 28.4 Å². The molecule has 39 heavy (non-hydrogen) atoms. The normalized spacial score (nSPS) is 21.8. The lowest BCUT2D eigenvalue weighted by Gasteiger charge is -2.20. The van der Waals surface area contributed by atoms with E-state index >= 15 is 0 Å². The molecule has 1 saturated heterocycles. The summed E-state index contributed by atoms with van der Waals surface area (Å²) >= 11 is 0. The van der Waals surface area contributed by atoms with Gasteiger partial charge in [-0.15, -0.1) is 0 Å².